The zero-order chi connectivity index (χ0) is 15.4. The Balaban J connectivity index is 0.00000192. The zero-order valence-electron chi connectivity index (χ0n) is 13.4. The largest absolute Gasteiger partial charge is 0.373 e. The van der Waals surface area contributed by atoms with Gasteiger partial charge in [0, 0.05) is 32.2 Å². The minimum absolute atomic E-state index is 0. The van der Waals surface area contributed by atoms with Gasteiger partial charge in [0.2, 0.25) is 5.91 Å². The normalized spacial score (nSPS) is 23.4. The molecule has 3 N–H and O–H groups in total. The van der Waals surface area contributed by atoms with E-state index in [2.05, 4.69) is 30.8 Å². The second-order valence-electron chi connectivity index (χ2n) is 5.89. The van der Waals surface area contributed by atoms with Crippen LogP contribution in [0.3, 0.4) is 0 Å². The Bertz CT molecular complexity index is 522. The van der Waals surface area contributed by atoms with Gasteiger partial charge >= 0.3 is 0 Å². The van der Waals surface area contributed by atoms with Crippen molar-refractivity contribution in [3.8, 4) is 0 Å². The maximum atomic E-state index is 12.1. The monoisotopic (exact) mass is 340 g/mol. The highest BCUT2D eigenvalue weighted by molar-refractivity contribution is 5.85. The van der Waals surface area contributed by atoms with Gasteiger partial charge in [0.1, 0.15) is 18.0 Å². The van der Waals surface area contributed by atoms with Gasteiger partial charge in [-0.05, 0) is 32.2 Å². The second kappa shape index (κ2) is 8.31. The van der Waals surface area contributed by atoms with Crippen molar-refractivity contribution in [2.24, 2.45) is 0 Å². The molecule has 0 spiro atoms. The van der Waals surface area contributed by atoms with Crippen molar-refractivity contribution in [1.29, 1.82) is 0 Å². The molecular formula is C15H25ClN6O. The summed E-state index contributed by atoms with van der Waals surface area (Å²) in [6, 6.07) is 2.26. The predicted octanol–water partition coefficient (Wildman–Crippen LogP) is 0.777. The summed E-state index contributed by atoms with van der Waals surface area (Å²) in [5.41, 5.74) is 0. The van der Waals surface area contributed by atoms with Crippen molar-refractivity contribution < 1.29 is 4.79 Å². The molecule has 2 atom stereocenters. The number of nitrogens with zero attached hydrogens (tertiary/aromatic N) is 3. The molecule has 0 aliphatic carbocycles. The molecule has 23 heavy (non-hydrogen) atoms. The number of aromatic nitrogens is 2. The van der Waals surface area contributed by atoms with Gasteiger partial charge in [-0.3, -0.25) is 4.79 Å². The first-order valence-corrected chi connectivity index (χ1v) is 8.05. The van der Waals surface area contributed by atoms with Gasteiger partial charge in [-0.25, -0.2) is 9.97 Å². The molecule has 2 fully saturated rings. The number of nitrogens with one attached hydrogen (secondary N) is 3. The number of anilines is 2. The fourth-order valence-corrected chi connectivity index (χ4v) is 3.24. The third-order valence-corrected chi connectivity index (χ3v) is 4.47. The smallest absolute Gasteiger partial charge is 0.237 e. The Morgan fingerprint density at radius 3 is 3.00 bits per heavy atom. The van der Waals surface area contributed by atoms with E-state index in [-0.39, 0.29) is 24.4 Å². The van der Waals surface area contributed by atoms with Gasteiger partial charge in [0.05, 0.1) is 6.04 Å². The van der Waals surface area contributed by atoms with E-state index >= 15 is 0 Å². The van der Waals surface area contributed by atoms with Crippen molar-refractivity contribution in [2.45, 2.75) is 37.8 Å². The van der Waals surface area contributed by atoms with Gasteiger partial charge in [0.25, 0.3) is 0 Å². The minimum Gasteiger partial charge on any atom is -0.373 e. The van der Waals surface area contributed by atoms with Crippen molar-refractivity contribution >= 4 is 29.9 Å². The van der Waals surface area contributed by atoms with E-state index in [1.54, 1.807) is 6.33 Å². The molecule has 128 valence electrons. The van der Waals surface area contributed by atoms with Crippen LogP contribution in [0.5, 0.6) is 0 Å². The first-order chi connectivity index (χ1) is 10.8. The maximum Gasteiger partial charge on any atom is 0.237 e. The first kappa shape index (κ1) is 17.7. The third-order valence-electron chi connectivity index (χ3n) is 4.47. The van der Waals surface area contributed by atoms with Gasteiger partial charge in [-0.15, -0.1) is 12.4 Å². The Kier molecular flexibility index (Phi) is 6.41. The lowest BCUT2D eigenvalue weighted by Gasteiger charge is -2.26. The summed E-state index contributed by atoms with van der Waals surface area (Å²) >= 11 is 0. The molecule has 1 aromatic rings. The lowest BCUT2D eigenvalue weighted by molar-refractivity contribution is -0.122. The summed E-state index contributed by atoms with van der Waals surface area (Å²) in [5.74, 6) is 1.87. The Hall–Kier alpha value is -1.60. The van der Waals surface area contributed by atoms with E-state index in [1.165, 1.54) is 0 Å². The molecule has 8 heteroatoms. The molecule has 2 aliphatic rings. The molecule has 0 bridgehead atoms. The van der Waals surface area contributed by atoms with Crippen LogP contribution in [0.1, 0.15) is 25.7 Å². The number of hydrogen-bond donors (Lipinski definition) is 3. The minimum atomic E-state index is -0.00945. The molecule has 0 aromatic carbocycles. The molecule has 0 saturated carbocycles. The van der Waals surface area contributed by atoms with Crippen LogP contribution < -0.4 is 20.9 Å². The highest BCUT2D eigenvalue weighted by Crippen LogP contribution is 2.24. The number of rotatable bonds is 5. The van der Waals surface area contributed by atoms with E-state index in [0.717, 1.165) is 50.4 Å². The number of carbonyl (C=O) groups is 1. The van der Waals surface area contributed by atoms with Crippen molar-refractivity contribution in [1.82, 2.24) is 20.6 Å². The summed E-state index contributed by atoms with van der Waals surface area (Å²) in [6.07, 6.45) is 5.81. The summed E-state index contributed by atoms with van der Waals surface area (Å²) in [7, 11) is 1.85. The number of halogens is 1. The quantitative estimate of drug-likeness (QED) is 0.734. The Labute approximate surface area is 143 Å². The number of amides is 1. The van der Waals surface area contributed by atoms with Crippen LogP contribution in [0.15, 0.2) is 12.4 Å². The van der Waals surface area contributed by atoms with E-state index in [1.807, 2.05) is 13.1 Å². The Morgan fingerprint density at radius 1 is 1.39 bits per heavy atom. The van der Waals surface area contributed by atoms with E-state index in [0.29, 0.717) is 12.6 Å². The van der Waals surface area contributed by atoms with E-state index in [9.17, 15) is 4.79 Å². The molecule has 0 radical (unpaired) electrons. The predicted molar refractivity (Wildman–Crippen MR) is 93.2 cm³/mol. The molecule has 1 aromatic heterocycles. The number of hydrogen-bond acceptors (Lipinski definition) is 6. The van der Waals surface area contributed by atoms with Gasteiger partial charge in [-0.2, -0.15) is 0 Å². The van der Waals surface area contributed by atoms with Crippen LogP contribution >= 0.6 is 12.4 Å². The van der Waals surface area contributed by atoms with Crippen LogP contribution in [0.25, 0.3) is 0 Å². The van der Waals surface area contributed by atoms with Gasteiger partial charge in [-0.1, -0.05) is 0 Å². The van der Waals surface area contributed by atoms with E-state index in [4.69, 9.17) is 0 Å². The average molecular weight is 341 g/mol. The van der Waals surface area contributed by atoms with Crippen LogP contribution in [-0.4, -0.2) is 54.6 Å². The van der Waals surface area contributed by atoms with Gasteiger partial charge in [0.15, 0.2) is 0 Å². The zero-order valence-corrected chi connectivity index (χ0v) is 14.2. The second-order valence-corrected chi connectivity index (χ2v) is 5.89. The van der Waals surface area contributed by atoms with Crippen molar-refractivity contribution in [3.63, 3.8) is 0 Å². The summed E-state index contributed by atoms with van der Waals surface area (Å²) in [4.78, 5) is 22.9. The molecule has 7 nitrogen and oxygen atoms in total. The topological polar surface area (TPSA) is 82.2 Å². The first-order valence-electron chi connectivity index (χ1n) is 8.05. The molecule has 2 unspecified atom stereocenters. The molecule has 2 saturated heterocycles. The van der Waals surface area contributed by atoms with E-state index < -0.39 is 0 Å². The van der Waals surface area contributed by atoms with Crippen LogP contribution in [-0.2, 0) is 4.79 Å². The molecular weight excluding hydrogens is 316 g/mol. The summed E-state index contributed by atoms with van der Waals surface area (Å²) in [5, 5.41) is 9.37. The SMILES string of the molecule is CNc1cc(N2CCCC2CNC(=O)C2CCCN2)ncn1.Cl. The highest BCUT2D eigenvalue weighted by atomic mass is 35.5. The van der Waals surface area contributed by atoms with Crippen LogP contribution in [0, 0.1) is 0 Å². The molecule has 1 amide bonds. The lowest BCUT2D eigenvalue weighted by Crippen LogP contribution is -2.46. The van der Waals surface area contributed by atoms with Crippen LogP contribution in [0.2, 0.25) is 0 Å². The molecule has 3 heterocycles. The van der Waals surface area contributed by atoms with Crippen molar-refractivity contribution in [3.05, 3.63) is 12.4 Å². The number of carbonyl (C=O) groups excluding carboxylic acids is 1. The average Bonchev–Trinajstić information content (AvgIpc) is 3.24. The lowest BCUT2D eigenvalue weighted by atomic mass is 10.2. The fourth-order valence-electron chi connectivity index (χ4n) is 3.24. The van der Waals surface area contributed by atoms with Crippen molar-refractivity contribution in [2.75, 3.05) is 36.9 Å². The fraction of sp³-hybridized carbons (Fsp3) is 0.667. The molecule has 2 aliphatic heterocycles. The third kappa shape index (κ3) is 4.23. The van der Waals surface area contributed by atoms with Crippen LogP contribution in [0.4, 0.5) is 11.6 Å². The summed E-state index contributed by atoms with van der Waals surface area (Å²) < 4.78 is 0. The highest BCUT2D eigenvalue weighted by Gasteiger charge is 2.28. The standard InChI is InChI=1S/C15H24N6O.ClH/c1-16-13-8-14(20-10-19-13)21-7-3-4-11(21)9-18-15(22)12-5-2-6-17-12;/h8,10-12,17H,2-7,9H2,1H3,(H,18,22)(H,16,19,20);1H. The maximum absolute atomic E-state index is 12.1. The van der Waals surface area contributed by atoms with Gasteiger partial charge < -0.3 is 20.9 Å². The summed E-state index contributed by atoms with van der Waals surface area (Å²) in [6.45, 7) is 2.60. The molecule has 3 rings (SSSR count). The Morgan fingerprint density at radius 2 is 2.26 bits per heavy atom.